The highest BCUT2D eigenvalue weighted by Gasteiger charge is 2.34. The van der Waals surface area contributed by atoms with E-state index < -0.39 is 0 Å². The molecule has 134 valence electrons. The first kappa shape index (κ1) is 18.0. The summed E-state index contributed by atoms with van der Waals surface area (Å²) in [4.78, 5) is 37.8. The van der Waals surface area contributed by atoms with Crippen LogP contribution in [0.5, 0.6) is 5.75 Å². The molecule has 0 atom stereocenters. The topological polar surface area (TPSA) is 75.7 Å². The van der Waals surface area contributed by atoms with E-state index in [2.05, 4.69) is 5.32 Å². The number of hydrogen-bond acceptors (Lipinski definition) is 5. The minimum absolute atomic E-state index is 0.165. The van der Waals surface area contributed by atoms with Gasteiger partial charge in [-0.1, -0.05) is 24.3 Å². The van der Waals surface area contributed by atoms with Crippen molar-refractivity contribution in [1.82, 2.24) is 4.90 Å². The van der Waals surface area contributed by atoms with Crippen LogP contribution in [0.1, 0.15) is 20.7 Å². The normalized spacial score (nSPS) is 12.9. The summed E-state index contributed by atoms with van der Waals surface area (Å²) in [5.41, 5.74) is 1.49. The Morgan fingerprint density at radius 2 is 1.65 bits per heavy atom. The number of imide groups is 1. The second-order valence-electron chi connectivity index (χ2n) is 5.61. The fourth-order valence-corrected chi connectivity index (χ4v) is 3.41. The molecule has 2 aromatic rings. The van der Waals surface area contributed by atoms with Crippen LogP contribution in [0.25, 0.3) is 0 Å². The van der Waals surface area contributed by atoms with Crippen molar-refractivity contribution in [3.8, 4) is 5.75 Å². The van der Waals surface area contributed by atoms with Crippen molar-refractivity contribution in [3.63, 3.8) is 0 Å². The first-order valence-electron chi connectivity index (χ1n) is 8.07. The van der Waals surface area contributed by atoms with Gasteiger partial charge in [-0.3, -0.25) is 19.3 Å². The Bertz CT molecular complexity index is 818. The smallest absolute Gasteiger partial charge is 0.261 e. The zero-order valence-corrected chi connectivity index (χ0v) is 15.0. The molecule has 2 aromatic carbocycles. The van der Waals surface area contributed by atoms with Crippen LogP contribution >= 0.6 is 11.8 Å². The van der Waals surface area contributed by atoms with Gasteiger partial charge in [0, 0.05) is 12.3 Å². The second kappa shape index (κ2) is 8.05. The third-order valence-electron chi connectivity index (χ3n) is 3.95. The Kier molecular flexibility index (Phi) is 5.58. The van der Waals surface area contributed by atoms with Crippen LogP contribution in [0.4, 0.5) is 5.69 Å². The first-order valence-corrected chi connectivity index (χ1v) is 9.23. The van der Waals surface area contributed by atoms with Gasteiger partial charge in [-0.2, -0.15) is 11.8 Å². The van der Waals surface area contributed by atoms with E-state index in [-0.39, 0.29) is 30.0 Å². The van der Waals surface area contributed by atoms with Gasteiger partial charge in [0.05, 0.1) is 29.7 Å². The van der Waals surface area contributed by atoms with Crippen molar-refractivity contribution >= 4 is 35.2 Å². The number of thioether (sulfide) groups is 1. The van der Waals surface area contributed by atoms with Gasteiger partial charge < -0.3 is 10.1 Å². The van der Waals surface area contributed by atoms with E-state index in [9.17, 15) is 14.4 Å². The minimum Gasteiger partial charge on any atom is -0.495 e. The van der Waals surface area contributed by atoms with Gasteiger partial charge in [-0.25, -0.2) is 0 Å². The maximum absolute atomic E-state index is 12.2. The summed E-state index contributed by atoms with van der Waals surface area (Å²) in [7, 11) is 1.54. The molecule has 0 bridgehead atoms. The predicted octanol–water partition coefficient (Wildman–Crippen LogP) is 2.66. The van der Waals surface area contributed by atoms with Crippen LogP contribution in [0.3, 0.4) is 0 Å². The Morgan fingerprint density at radius 3 is 2.31 bits per heavy atom. The van der Waals surface area contributed by atoms with E-state index in [1.165, 1.54) is 16.7 Å². The van der Waals surface area contributed by atoms with Crippen molar-refractivity contribution in [1.29, 1.82) is 0 Å². The van der Waals surface area contributed by atoms with Crippen molar-refractivity contribution in [2.24, 2.45) is 0 Å². The highest BCUT2D eigenvalue weighted by atomic mass is 32.2. The quantitative estimate of drug-likeness (QED) is 0.599. The number of carbonyl (C=O) groups excluding carboxylic acids is 3. The Hall–Kier alpha value is -2.80. The predicted molar refractivity (Wildman–Crippen MR) is 101 cm³/mol. The number of methoxy groups -OCH3 is 1. The highest BCUT2D eigenvalue weighted by Crippen LogP contribution is 2.24. The lowest BCUT2D eigenvalue weighted by Crippen LogP contribution is -2.32. The molecule has 0 saturated heterocycles. The standard InChI is InChI=1S/C19H18N2O4S/c1-25-16-9-5-4-8-15(16)20-17(22)12-26-11-10-21-18(23)13-6-2-3-7-14(13)19(21)24/h2-9H,10-12H2,1H3,(H,20,22). The first-order chi connectivity index (χ1) is 12.6. The van der Waals surface area contributed by atoms with Gasteiger partial charge in [-0.05, 0) is 24.3 Å². The van der Waals surface area contributed by atoms with E-state index in [0.29, 0.717) is 28.3 Å². The largest absolute Gasteiger partial charge is 0.495 e. The van der Waals surface area contributed by atoms with Crippen molar-refractivity contribution in [2.75, 3.05) is 30.5 Å². The average molecular weight is 370 g/mol. The van der Waals surface area contributed by atoms with E-state index in [1.54, 1.807) is 43.5 Å². The number of rotatable bonds is 7. The van der Waals surface area contributed by atoms with Crippen LogP contribution in [0, 0.1) is 0 Å². The molecular weight excluding hydrogens is 352 g/mol. The molecule has 3 amide bonds. The molecule has 26 heavy (non-hydrogen) atoms. The summed E-state index contributed by atoms with van der Waals surface area (Å²) in [5.74, 6) is 0.597. The number of nitrogens with one attached hydrogen (secondary N) is 1. The third kappa shape index (κ3) is 3.72. The summed E-state index contributed by atoms with van der Waals surface area (Å²) in [6.07, 6.45) is 0. The zero-order chi connectivity index (χ0) is 18.5. The van der Waals surface area contributed by atoms with E-state index in [0.717, 1.165) is 0 Å². The van der Waals surface area contributed by atoms with Crippen molar-refractivity contribution in [2.45, 2.75) is 0 Å². The summed E-state index contributed by atoms with van der Waals surface area (Å²) in [5, 5.41) is 2.79. The molecule has 0 radical (unpaired) electrons. The molecule has 7 heteroatoms. The monoisotopic (exact) mass is 370 g/mol. The summed E-state index contributed by atoms with van der Waals surface area (Å²) in [6.45, 7) is 0.277. The summed E-state index contributed by atoms with van der Waals surface area (Å²) in [6, 6.07) is 14.0. The molecule has 0 aromatic heterocycles. The average Bonchev–Trinajstić information content (AvgIpc) is 2.90. The molecule has 3 rings (SSSR count). The molecule has 6 nitrogen and oxygen atoms in total. The van der Waals surface area contributed by atoms with Gasteiger partial charge in [0.15, 0.2) is 0 Å². The zero-order valence-electron chi connectivity index (χ0n) is 14.2. The van der Waals surface area contributed by atoms with E-state index >= 15 is 0 Å². The lowest BCUT2D eigenvalue weighted by molar-refractivity contribution is -0.113. The number of amides is 3. The SMILES string of the molecule is COc1ccccc1NC(=O)CSCCN1C(=O)c2ccccc2C1=O. The molecule has 1 aliphatic rings. The van der Waals surface area contributed by atoms with E-state index in [1.807, 2.05) is 12.1 Å². The Labute approximate surface area is 155 Å². The summed E-state index contributed by atoms with van der Waals surface area (Å²) < 4.78 is 5.19. The number of ether oxygens (including phenoxy) is 1. The van der Waals surface area contributed by atoms with Crippen LogP contribution < -0.4 is 10.1 Å². The summed E-state index contributed by atoms with van der Waals surface area (Å²) >= 11 is 1.36. The number of benzene rings is 2. The maximum atomic E-state index is 12.2. The molecule has 0 spiro atoms. The molecule has 1 aliphatic heterocycles. The van der Waals surface area contributed by atoms with Crippen LogP contribution in [-0.2, 0) is 4.79 Å². The fourth-order valence-electron chi connectivity index (χ4n) is 2.70. The van der Waals surface area contributed by atoms with Gasteiger partial charge in [0.2, 0.25) is 5.91 Å². The molecular formula is C19H18N2O4S. The van der Waals surface area contributed by atoms with Crippen molar-refractivity contribution < 1.29 is 19.1 Å². The lowest BCUT2D eigenvalue weighted by Gasteiger charge is -2.13. The Morgan fingerprint density at radius 1 is 1.04 bits per heavy atom. The molecule has 0 saturated carbocycles. The van der Waals surface area contributed by atoms with Crippen LogP contribution in [0.2, 0.25) is 0 Å². The highest BCUT2D eigenvalue weighted by molar-refractivity contribution is 7.99. The number of para-hydroxylation sites is 2. The number of carbonyl (C=O) groups is 3. The number of hydrogen-bond donors (Lipinski definition) is 1. The van der Waals surface area contributed by atoms with Gasteiger partial charge >= 0.3 is 0 Å². The third-order valence-corrected chi connectivity index (χ3v) is 4.89. The number of anilines is 1. The molecule has 1 N–H and O–H groups in total. The van der Waals surface area contributed by atoms with E-state index in [4.69, 9.17) is 4.74 Å². The Balaban J connectivity index is 1.47. The van der Waals surface area contributed by atoms with Gasteiger partial charge in [0.25, 0.3) is 11.8 Å². The number of fused-ring (bicyclic) bond motifs is 1. The van der Waals surface area contributed by atoms with Crippen molar-refractivity contribution in [3.05, 3.63) is 59.7 Å². The number of nitrogens with zero attached hydrogens (tertiary/aromatic N) is 1. The second-order valence-corrected chi connectivity index (χ2v) is 6.71. The van der Waals surface area contributed by atoms with Gasteiger partial charge in [-0.15, -0.1) is 0 Å². The molecule has 0 aliphatic carbocycles. The maximum Gasteiger partial charge on any atom is 0.261 e. The molecule has 1 heterocycles. The van der Waals surface area contributed by atoms with Crippen LogP contribution in [-0.4, -0.2) is 47.8 Å². The fraction of sp³-hybridized carbons (Fsp3) is 0.211. The van der Waals surface area contributed by atoms with Gasteiger partial charge in [0.1, 0.15) is 5.75 Å². The lowest BCUT2D eigenvalue weighted by atomic mass is 10.1. The molecule has 0 fully saturated rings. The molecule has 0 unspecified atom stereocenters. The van der Waals surface area contributed by atoms with Crippen LogP contribution in [0.15, 0.2) is 48.5 Å². The minimum atomic E-state index is -0.273.